The minimum absolute atomic E-state index is 0.358. The average Bonchev–Trinajstić information content (AvgIpc) is 2.38. The molecule has 0 fully saturated rings. The Balaban J connectivity index is 2.60. The maximum absolute atomic E-state index is 11.8. The summed E-state index contributed by atoms with van der Waals surface area (Å²) >= 11 is 0. The first-order valence-corrected chi connectivity index (χ1v) is 7.05. The van der Waals surface area contributed by atoms with Gasteiger partial charge in [0, 0.05) is 14.1 Å². The van der Waals surface area contributed by atoms with Gasteiger partial charge in [0.2, 0.25) is 0 Å². The summed E-state index contributed by atoms with van der Waals surface area (Å²) in [6.07, 6.45) is -0.0881. The number of amides is 1. The molecule has 122 valence electrons. The van der Waals surface area contributed by atoms with Crippen molar-refractivity contribution in [3.63, 3.8) is 0 Å². The Morgan fingerprint density at radius 1 is 1.18 bits per heavy atom. The van der Waals surface area contributed by atoms with E-state index >= 15 is 0 Å². The number of rotatable bonds is 4. The van der Waals surface area contributed by atoms with Gasteiger partial charge in [0.15, 0.2) is 0 Å². The van der Waals surface area contributed by atoms with Crippen molar-refractivity contribution in [1.29, 1.82) is 0 Å². The summed E-state index contributed by atoms with van der Waals surface area (Å²) in [5.41, 5.74) is 6.16. The van der Waals surface area contributed by atoms with E-state index in [4.69, 9.17) is 15.2 Å². The van der Waals surface area contributed by atoms with Crippen LogP contribution in [0.15, 0.2) is 24.3 Å². The summed E-state index contributed by atoms with van der Waals surface area (Å²) in [6, 6.07) is 6.14. The lowest BCUT2D eigenvalue weighted by Crippen LogP contribution is -2.38. The van der Waals surface area contributed by atoms with Gasteiger partial charge in [-0.3, -0.25) is 4.79 Å². The highest BCUT2D eigenvalue weighted by Crippen LogP contribution is 2.15. The first-order valence-electron chi connectivity index (χ1n) is 7.05. The van der Waals surface area contributed by atoms with Crippen LogP contribution in [0.1, 0.15) is 26.3 Å². The highest BCUT2D eigenvalue weighted by Gasteiger charge is 2.22. The van der Waals surface area contributed by atoms with Crippen molar-refractivity contribution in [2.45, 2.75) is 38.8 Å². The molecule has 1 rings (SSSR count). The minimum Gasteiger partial charge on any atom is -0.459 e. The van der Waals surface area contributed by atoms with E-state index in [0.29, 0.717) is 12.2 Å². The lowest BCUT2D eigenvalue weighted by atomic mass is 10.1. The maximum Gasteiger partial charge on any atom is 0.414 e. The molecular formula is C16H24N2O4. The van der Waals surface area contributed by atoms with Crippen molar-refractivity contribution in [3.8, 4) is 5.75 Å². The Bertz CT molecular complexity index is 518. The van der Waals surface area contributed by atoms with Crippen LogP contribution in [0.4, 0.5) is 4.79 Å². The Labute approximate surface area is 131 Å². The summed E-state index contributed by atoms with van der Waals surface area (Å²) in [7, 11) is 3.22. The van der Waals surface area contributed by atoms with Crippen molar-refractivity contribution in [2.75, 3.05) is 14.1 Å². The number of benzene rings is 1. The van der Waals surface area contributed by atoms with Gasteiger partial charge in [-0.2, -0.15) is 0 Å². The average molecular weight is 308 g/mol. The topological polar surface area (TPSA) is 81.9 Å². The SMILES string of the molecule is CN(C)C(=O)Oc1ccc(CC(N)C(=O)OC(C)(C)C)cc1. The Kier molecular flexibility index (Phi) is 5.93. The molecule has 1 amide bonds. The molecule has 0 heterocycles. The first kappa shape index (κ1) is 18.0. The third kappa shape index (κ3) is 6.13. The summed E-state index contributed by atoms with van der Waals surface area (Å²) in [4.78, 5) is 24.6. The molecule has 0 aliphatic rings. The van der Waals surface area contributed by atoms with E-state index < -0.39 is 23.7 Å². The highest BCUT2D eigenvalue weighted by atomic mass is 16.6. The molecule has 0 aliphatic heterocycles. The monoisotopic (exact) mass is 308 g/mol. The van der Waals surface area contributed by atoms with Crippen molar-refractivity contribution < 1.29 is 19.1 Å². The fourth-order valence-corrected chi connectivity index (χ4v) is 1.60. The van der Waals surface area contributed by atoms with Crippen molar-refractivity contribution in [2.24, 2.45) is 5.73 Å². The van der Waals surface area contributed by atoms with Crippen LogP contribution < -0.4 is 10.5 Å². The molecule has 2 N–H and O–H groups in total. The molecule has 1 aromatic carbocycles. The van der Waals surface area contributed by atoms with Gasteiger partial charge < -0.3 is 20.1 Å². The maximum atomic E-state index is 11.8. The van der Waals surface area contributed by atoms with Crippen LogP contribution in [0.3, 0.4) is 0 Å². The second-order valence-corrected chi connectivity index (χ2v) is 6.25. The van der Waals surface area contributed by atoms with E-state index in [9.17, 15) is 9.59 Å². The number of nitrogens with zero attached hydrogens (tertiary/aromatic N) is 1. The third-order valence-electron chi connectivity index (χ3n) is 2.66. The first-order chi connectivity index (χ1) is 10.1. The molecule has 1 unspecified atom stereocenters. The van der Waals surface area contributed by atoms with Gasteiger partial charge in [0.25, 0.3) is 0 Å². The lowest BCUT2D eigenvalue weighted by molar-refractivity contribution is -0.156. The number of hydrogen-bond acceptors (Lipinski definition) is 5. The van der Waals surface area contributed by atoms with Gasteiger partial charge in [0.1, 0.15) is 17.4 Å². The molecule has 0 saturated carbocycles. The standard InChI is InChI=1S/C16H24N2O4/c1-16(2,3)22-14(19)13(17)10-11-6-8-12(9-7-11)21-15(20)18(4)5/h6-9,13H,10,17H2,1-5H3. The second-order valence-electron chi connectivity index (χ2n) is 6.25. The van der Waals surface area contributed by atoms with Crippen LogP contribution >= 0.6 is 0 Å². The van der Waals surface area contributed by atoms with Gasteiger partial charge in [-0.15, -0.1) is 0 Å². The number of carbonyl (C=O) groups excluding carboxylic acids is 2. The van der Waals surface area contributed by atoms with Crippen molar-refractivity contribution in [1.82, 2.24) is 4.90 Å². The minimum atomic E-state index is -0.727. The number of hydrogen-bond donors (Lipinski definition) is 1. The zero-order valence-corrected chi connectivity index (χ0v) is 13.8. The smallest absolute Gasteiger partial charge is 0.414 e. The van der Waals surface area contributed by atoms with Crippen LogP contribution in [0.2, 0.25) is 0 Å². The predicted octanol–water partition coefficient (Wildman–Crippen LogP) is 1.96. The molecule has 0 saturated heterocycles. The van der Waals surface area contributed by atoms with Gasteiger partial charge in [-0.25, -0.2) is 4.79 Å². The zero-order chi connectivity index (χ0) is 16.9. The number of carbonyl (C=O) groups is 2. The van der Waals surface area contributed by atoms with E-state index in [1.165, 1.54) is 4.90 Å². The zero-order valence-electron chi connectivity index (χ0n) is 13.8. The molecule has 6 nitrogen and oxygen atoms in total. The van der Waals surface area contributed by atoms with E-state index in [-0.39, 0.29) is 0 Å². The molecule has 0 aromatic heterocycles. The molecule has 0 radical (unpaired) electrons. The summed E-state index contributed by atoms with van der Waals surface area (Å²) in [5.74, 6) is 0.00361. The van der Waals surface area contributed by atoms with E-state index in [1.807, 2.05) is 0 Å². The van der Waals surface area contributed by atoms with Crippen LogP contribution in [0, 0.1) is 0 Å². The fourth-order valence-electron chi connectivity index (χ4n) is 1.60. The molecule has 6 heteroatoms. The summed E-state index contributed by atoms with van der Waals surface area (Å²) < 4.78 is 10.3. The largest absolute Gasteiger partial charge is 0.459 e. The van der Waals surface area contributed by atoms with Crippen molar-refractivity contribution >= 4 is 12.1 Å². The number of esters is 1. The van der Waals surface area contributed by atoms with E-state index in [2.05, 4.69) is 0 Å². The highest BCUT2D eigenvalue weighted by molar-refractivity contribution is 5.76. The third-order valence-corrected chi connectivity index (χ3v) is 2.66. The Hall–Kier alpha value is -2.08. The molecule has 22 heavy (non-hydrogen) atoms. The Morgan fingerprint density at radius 2 is 1.73 bits per heavy atom. The van der Waals surface area contributed by atoms with Crippen LogP contribution in [0.25, 0.3) is 0 Å². The molecular weight excluding hydrogens is 284 g/mol. The Morgan fingerprint density at radius 3 is 2.18 bits per heavy atom. The molecule has 1 aromatic rings. The quantitative estimate of drug-likeness (QED) is 0.860. The normalized spacial score (nSPS) is 12.5. The molecule has 1 atom stereocenters. The van der Waals surface area contributed by atoms with Gasteiger partial charge in [-0.05, 0) is 44.9 Å². The number of nitrogens with two attached hydrogens (primary N) is 1. The lowest BCUT2D eigenvalue weighted by Gasteiger charge is -2.22. The van der Waals surface area contributed by atoms with Crippen LogP contribution in [-0.4, -0.2) is 42.7 Å². The van der Waals surface area contributed by atoms with Crippen LogP contribution in [0.5, 0.6) is 5.75 Å². The summed E-state index contributed by atoms with van der Waals surface area (Å²) in [6.45, 7) is 5.39. The van der Waals surface area contributed by atoms with E-state index in [1.54, 1.807) is 59.1 Å². The summed E-state index contributed by atoms with van der Waals surface area (Å²) in [5, 5.41) is 0. The van der Waals surface area contributed by atoms with Crippen molar-refractivity contribution in [3.05, 3.63) is 29.8 Å². The van der Waals surface area contributed by atoms with E-state index in [0.717, 1.165) is 5.56 Å². The molecule has 0 spiro atoms. The van der Waals surface area contributed by atoms with Gasteiger partial charge >= 0.3 is 12.1 Å². The van der Waals surface area contributed by atoms with Gasteiger partial charge in [-0.1, -0.05) is 12.1 Å². The van der Waals surface area contributed by atoms with Gasteiger partial charge in [0.05, 0.1) is 0 Å². The second kappa shape index (κ2) is 7.26. The van der Waals surface area contributed by atoms with Crippen LogP contribution in [-0.2, 0) is 16.0 Å². The molecule has 0 bridgehead atoms. The number of ether oxygens (including phenoxy) is 2. The molecule has 0 aliphatic carbocycles. The predicted molar refractivity (Wildman–Crippen MR) is 83.7 cm³/mol. The fraction of sp³-hybridized carbons (Fsp3) is 0.500.